The molecule has 0 spiro atoms. The molecule has 0 radical (unpaired) electrons. The molecule has 1 aliphatic heterocycles. The van der Waals surface area contributed by atoms with Crippen molar-refractivity contribution in [3.8, 4) is 51.7 Å². The van der Waals surface area contributed by atoms with Crippen LogP contribution < -0.4 is 27.8 Å². The van der Waals surface area contributed by atoms with E-state index in [1.54, 1.807) is 72.8 Å². The van der Waals surface area contributed by atoms with Gasteiger partial charge in [-0.1, -0.05) is 54.6 Å². The van der Waals surface area contributed by atoms with Crippen LogP contribution in [-0.4, -0.2) is 24.5 Å². The highest BCUT2D eigenvalue weighted by Gasteiger charge is 2.58. The van der Waals surface area contributed by atoms with Crippen LogP contribution in [-0.2, 0) is 0 Å². The number of rotatable bonds is 12. The molecular weight excluding hydrogens is 711 g/mol. The van der Waals surface area contributed by atoms with E-state index in [0.29, 0.717) is 23.0 Å². The van der Waals surface area contributed by atoms with Crippen molar-refractivity contribution >= 4 is 24.6 Å². The molecule has 0 aromatic heterocycles. The van der Waals surface area contributed by atoms with E-state index in [2.05, 4.69) is 0 Å². The van der Waals surface area contributed by atoms with E-state index in [-0.39, 0.29) is 28.7 Å². The van der Waals surface area contributed by atoms with Crippen LogP contribution in [0.1, 0.15) is 0 Å². The fourth-order valence-corrected chi connectivity index (χ4v) is 11.9. The quantitative estimate of drug-likeness (QED) is 0.103. The van der Waals surface area contributed by atoms with Gasteiger partial charge in [0.2, 0.25) is 0 Å². The first-order valence-electron chi connectivity index (χ1n) is 15.4. The third-order valence-electron chi connectivity index (χ3n) is 6.78. The Morgan fingerprint density at radius 1 is 0.431 bits per heavy atom. The molecule has 0 fully saturated rings. The zero-order chi connectivity index (χ0) is 35.0. The summed E-state index contributed by atoms with van der Waals surface area (Å²) in [6.45, 7) is 0. The van der Waals surface area contributed by atoms with E-state index in [4.69, 9.17) is 32.3 Å². The van der Waals surface area contributed by atoms with Gasteiger partial charge in [-0.3, -0.25) is 0 Å². The van der Waals surface area contributed by atoms with Crippen molar-refractivity contribution in [1.82, 2.24) is 9.21 Å². The summed E-state index contributed by atoms with van der Waals surface area (Å²) in [4.78, 5) is 13.2. The van der Waals surface area contributed by atoms with Crippen molar-refractivity contribution < 1.29 is 43.1 Å². The lowest BCUT2D eigenvalue weighted by Crippen LogP contribution is -2.37. The van der Waals surface area contributed by atoms with Crippen molar-refractivity contribution in [2.75, 3.05) is 0 Å². The lowest BCUT2D eigenvalue weighted by molar-refractivity contribution is 0.0545. The summed E-state index contributed by atoms with van der Waals surface area (Å²) in [6, 6.07) is 45.6. The zero-order valence-electron chi connectivity index (χ0n) is 26.6. The third-order valence-corrected chi connectivity index (χ3v) is 13.6. The molecule has 3 N–H and O–H groups in total. The van der Waals surface area contributed by atoms with Gasteiger partial charge in [0.15, 0.2) is 0 Å². The number of nitrogens with zero attached hydrogens (tertiary/aromatic N) is 3. The predicted molar refractivity (Wildman–Crippen MR) is 194 cm³/mol. The summed E-state index contributed by atoms with van der Waals surface area (Å²) < 4.78 is 35.0. The minimum Gasteiger partial charge on any atom is -0.508 e. The number of hydrogen-bond donors (Lipinski definition) is 3. The standard InChI is InChI=1S/C36H30N3O9P3/c40-28-16-22-34(23-17-28)45-49-37-51(47-35-24-18-29(41)19-25-35,48-36-26-20-30(42)21-27-36)39(44-32-12-6-2-7-13-32)50(46-33-14-8-3-9-15-33)38(49)43-31-10-4-1-5-11-31/h1-27,40-42H. The average Bonchev–Trinajstić information content (AvgIpc) is 3.15. The van der Waals surface area contributed by atoms with Crippen LogP contribution in [0, 0.1) is 0 Å². The van der Waals surface area contributed by atoms with Gasteiger partial charge in [-0.2, -0.15) is 0 Å². The van der Waals surface area contributed by atoms with E-state index in [1.165, 1.54) is 45.6 Å². The number of phenolic OH excluding ortho intramolecular Hbond substituents is 3. The molecule has 7 rings (SSSR count). The van der Waals surface area contributed by atoms with Gasteiger partial charge >= 0.3 is 24.6 Å². The van der Waals surface area contributed by atoms with Crippen LogP contribution in [0.5, 0.6) is 51.7 Å². The molecule has 0 saturated heterocycles. The molecule has 6 aromatic carbocycles. The first-order chi connectivity index (χ1) is 24.9. The SMILES string of the molecule is Oc1ccc(OP2N=P(Oc3ccc(O)cc3)(Oc3ccc(O)cc3)N(Oc3ccccc3)P(Oc3ccccc3)N2Oc2ccccc2)cc1. The number of para-hydroxylation sites is 3. The zero-order valence-corrected chi connectivity index (χ0v) is 29.2. The van der Waals surface area contributed by atoms with E-state index in [1.807, 2.05) is 54.6 Å². The van der Waals surface area contributed by atoms with Gasteiger partial charge in [0, 0.05) is 9.21 Å². The summed E-state index contributed by atoms with van der Waals surface area (Å²) in [5.41, 5.74) is 0. The Bertz CT molecular complexity index is 2010. The molecular formula is C36H30N3O9P3. The van der Waals surface area contributed by atoms with Crippen LogP contribution >= 0.6 is 24.6 Å². The highest BCUT2D eigenvalue weighted by molar-refractivity contribution is 7.78. The lowest BCUT2D eigenvalue weighted by Gasteiger charge is -2.43. The average molecular weight is 742 g/mol. The highest BCUT2D eigenvalue weighted by Crippen LogP contribution is 2.77. The Morgan fingerprint density at radius 2 is 0.824 bits per heavy atom. The Hall–Kier alpha value is -5.47. The van der Waals surface area contributed by atoms with Gasteiger partial charge < -0.3 is 43.1 Å². The second kappa shape index (κ2) is 15.6. The van der Waals surface area contributed by atoms with Crippen LogP contribution in [0.4, 0.5) is 0 Å². The van der Waals surface area contributed by atoms with Crippen molar-refractivity contribution in [1.29, 1.82) is 0 Å². The molecule has 0 bridgehead atoms. The topological polar surface area (TPSA) is 135 Å². The summed E-state index contributed by atoms with van der Waals surface area (Å²) in [7, 11) is -8.48. The van der Waals surface area contributed by atoms with Crippen LogP contribution in [0.3, 0.4) is 0 Å². The maximum atomic E-state index is 10.1. The molecule has 1 heterocycles. The summed E-state index contributed by atoms with van der Waals surface area (Å²) in [5.74, 6) is 2.40. The largest absolute Gasteiger partial charge is 0.508 e. The van der Waals surface area contributed by atoms with Crippen molar-refractivity contribution in [2.45, 2.75) is 0 Å². The molecule has 15 heteroatoms. The second-order valence-corrected chi connectivity index (χ2v) is 16.1. The first-order valence-corrected chi connectivity index (χ1v) is 19.2. The van der Waals surface area contributed by atoms with Gasteiger partial charge in [-0.05, 0) is 109 Å². The first kappa shape index (κ1) is 34.0. The Labute approximate surface area is 296 Å². The maximum absolute atomic E-state index is 10.1. The number of benzene rings is 6. The molecule has 0 saturated carbocycles. The molecule has 1 aliphatic rings. The summed E-state index contributed by atoms with van der Waals surface area (Å²) >= 11 is 0. The highest BCUT2D eigenvalue weighted by atomic mass is 31.3. The molecule has 2 unspecified atom stereocenters. The molecule has 2 atom stereocenters. The fourth-order valence-electron chi connectivity index (χ4n) is 4.41. The summed E-state index contributed by atoms with van der Waals surface area (Å²) in [6.07, 6.45) is 0. The minimum absolute atomic E-state index is 0.0298. The number of phenols is 3. The van der Waals surface area contributed by atoms with E-state index in [9.17, 15) is 15.3 Å². The van der Waals surface area contributed by atoms with Crippen molar-refractivity contribution in [3.63, 3.8) is 0 Å². The van der Waals surface area contributed by atoms with Crippen LogP contribution in [0.15, 0.2) is 168 Å². The van der Waals surface area contributed by atoms with E-state index < -0.39 is 24.6 Å². The van der Waals surface area contributed by atoms with Gasteiger partial charge in [-0.25, -0.2) is 0 Å². The predicted octanol–water partition coefficient (Wildman–Crippen LogP) is 10.4. The van der Waals surface area contributed by atoms with Gasteiger partial charge in [0.25, 0.3) is 0 Å². The Morgan fingerprint density at radius 3 is 1.29 bits per heavy atom. The van der Waals surface area contributed by atoms with Gasteiger partial charge in [0.1, 0.15) is 51.7 Å². The third kappa shape index (κ3) is 8.47. The van der Waals surface area contributed by atoms with E-state index >= 15 is 0 Å². The minimum atomic E-state index is -3.97. The van der Waals surface area contributed by atoms with Gasteiger partial charge in [0.05, 0.1) is 0 Å². The molecule has 258 valence electrons. The lowest BCUT2D eigenvalue weighted by atomic mass is 10.3. The Kier molecular flexibility index (Phi) is 10.4. The fraction of sp³-hybridized carbons (Fsp3) is 0. The molecule has 0 amide bonds. The normalized spacial score (nSPS) is 17.0. The van der Waals surface area contributed by atoms with Crippen molar-refractivity contribution in [3.05, 3.63) is 164 Å². The summed E-state index contributed by atoms with van der Waals surface area (Å²) in [5, 5.41) is 30.2. The van der Waals surface area contributed by atoms with Crippen LogP contribution in [0.25, 0.3) is 0 Å². The second-order valence-electron chi connectivity index (χ2n) is 10.6. The monoisotopic (exact) mass is 741 g/mol. The Balaban J connectivity index is 1.47. The molecule has 0 aliphatic carbocycles. The van der Waals surface area contributed by atoms with Crippen LogP contribution in [0.2, 0.25) is 0 Å². The van der Waals surface area contributed by atoms with Gasteiger partial charge in [-0.15, -0.1) is 4.52 Å². The number of aromatic hydroxyl groups is 3. The van der Waals surface area contributed by atoms with Crippen molar-refractivity contribution in [2.24, 2.45) is 4.52 Å². The molecule has 12 nitrogen and oxygen atoms in total. The maximum Gasteiger partial charge on any atom is 0.447 e. The smallest absolute Gasteiger partial charge is 0.447 e. The molecule has 6 aromatic rings. The molecule has 51 heavy (non-hydrogen) atoms. The van der Waals surface area contributed by atoms with E-state index in [0.717, 1.165) is 0 Å². The number of hydrogen-bond acceptors (Lipinski definition) is 12.